The molecule has 2 N–H and O–H groups in total. The lowest BCUT2D eigenvalue weighted by Crippen LogP contribution is -2.52. The Morgan fingerprint density at radius 1 is 0.900 bits per heavy atom. The molecule has 0 saturated carbocycles. The zero-order valence-electron chi connectivity index (χ0n) is 19.2. The minimum absolute atomic E-state index is 0.210. The maximum Gasteiger partial charge on any atom is 0.407 e. The Balaban J connectivity index is 1.64. The molecule has 10 nitrogen and oxygen atoms in total. The van der Waals surface area contributed by atoms with Crippen LogP contribution in [0.15, 0.2) is 0 Å². The summed E-state index contributed by atoms with van der Waals surface area (Å²) in [6.07, 6.45) is -2.14. The lowest BCUT2D eigenvalue weighted by Gasteiger charge is -2.32. The van der Waals surface area contributed by atoms with E-state index >= 15 is 0 Å². The second-order valence-corrected chi connectivity index (χ2v) is 10.5. The van der Waals surface area contributed by atoms with Crippen LogP contribution in [0.25, 0.3) is 0 Å². The molecule has 0 unspecified atom stereocenters. The molecule has 172 valence electrons. The van der Waals surface area contributed by atoms with Crippen LogP contribution in [-0.2, 0) is 23.7 Å². The number of hydrogen-bond acceptors (Lipinski definition) is 8. The molecule has 0 spiro atoms. The van der Waals surface area contributed by atoms with Crippen molar-refractivity contribution in [2.45, 2.75) is 96.5 Å². The van der Waals surface area contributed by atoms with Gasteiger partial charge in [0.05, 0.1) is 19.7 Å². The van der Waals surface area contributed by atoms with Gasteiger partial charge in [-0.05, 0) is 55.4 Å². The van der Waals surface area contributed by atoms with Crippen molar-refractivity contribution in [2.24, 2.45) is 0 Å². The fourth-order valence-electron chi connectivity index (χ4n) is 3.92. The topological polar surface area (TPSA) is 108 Å². The molecule has 10 heteroatoms. The van der Waals surface area contributed by atoms with Crippen LogP contribution < -0.4 is 10.6 Å². The van der Waals surface area contributed by atoms with Gasteiger partial charge in [0.1, 0.15) is 41.1 Å². The van der Waals surface area contributed by atoms with Gasteiger partial charge in [-0.1, -0.05) is 0 Å². The zero-order chi connectivity index (χ0) is 22.5. The van der Waals surface area contributed by atoms with Gasteiger partial charge >= 0.3 is 12.2 Å². The van der Waals surface area contributed by atoms with Gasteiger partial charge in [-0.2, -0.15) is 0 Å². The van der Waals surface area contributed by atoms with Crippen LogP contribution in [-0.4, -0.2) is 77.9 Å². The van der Waals surface area contributed by atoms with E-state index in [1.807, 2.05) is 60.3 Å². The number of amides is 2. The summed E-state index contributed by atoms with van der Waals surface area (Å²) in [4.78, 5) is 26.2. The second kappa shape index (κ2) is 7.51. The Morgan fingerprint density at radius 3 is 1.83 bits per heavy atom. The van der Waals surface area contributed by atoms with Crippen LogP contribution in [0.2, 0.25) is 0 Å². The van der Waals surface area contributed by atoms with Gasteiger partial charge in [-0.3, -0.25) is 0 Å². The number of nitrogens with zero attached hydrogens (tertiary/aromatic N) is 1. The van der Waals surface area contributed by atoms with E-state index in [1.165, 1.54) is 0 Å². The highest BCUT2D eigenvalue weighted by Gasteiger charge is 2.67. The SMILES string of the molecule is CC(C)(C)OC(=O)NC[C@@]1(C)O[C@@H]2CO[C@H]3N2[C@@H]1O[C@@]3(C)CNC(=O)OC(C)(C)C. The molecule has 3 saturated heterocycles. The minimum Gasteiger partial charge on any atom is -0.444 e. The van der Waals surface area contributed by atoms with Gasteiger partial charge in [0.15, 0.2) is 0 Å². The van der Waals surface area contributed by atoms with Crippen LogP contribution in [0, 0.1) is 0 Å². The van der Waals surface area contributed by atoms with E-state index < -0.39 is 40.8 Å². The molecule has 3 rings (SSSR count). The van der Waals surface area contributed by atoms with Gasteiger partial charge in [-0.25, -0.2) is 14.5 Å². The van der Waals surface area contributed by atoms with E-state index in [9.17, 15) is 9.59 Å². The minimum atomic E-state index is -0.798. The summed E-state index contributed by atoms with van der Waals surface area (Å²) in [5.74, 6) is 0. The smallest absolute Gasteiger partial charge is 0.407 e. The normalized spacial score (nSPS) is 35.8. The van der Waals surface area contributed by atoms with Crippen LogP contribution >= 0.6 is 0 Å². The third-order valence-corrected chi connectivity index (χ3v) is 5.07. The van der Waals surface area contributed by atoms with E-state index in [0.717, 1.165) is 0 Å². The highest BCUT2D eigenvalue weighted by molar-refractivity contribution is 5.68. The molecule has 5 atom stereocenters. The van der Waals surface area contributed by atoms with Gasteiger partial charge < -0.3 is 34.3 Å². The van der Waals surface area contributed by atoms with Crippen molar-refractivity contribution in [1.29, 1.82) is 0 Å². The molecule has 3 heterocycles. The van der Waals surface area contributed by atoms with Crippen LogP contribution in [0.3, 0.4) is 0 Å². The van der Waals surface area contributed by atoms with Gasteiger partial charge in [-0.15, -0.1) is 0 Å². The highest BCUT2D eigenvalue weighted by Crippen LogP contribution is 2.48. The molecule has 2 amide bonds. The molecule has 0 bridgehead atoms. The summed E-state index contributed by atoms with van der Waals surface area (Å²) in [6, 6.07) is 0. The second-order valence-electron chi connectivity index (χ2n) is 10.5. The van der Waals surface area contributed by atoms with Gasteiger partial charge in [0, 0.05) is 0 Å². The fourth-order valence-corrected chi connectivity index (χ4v) is 3.92. The summed E-state index contributed by atoms with van der Waals surface area (Å²) >= 11 is 0. The Bertz CT molecular complexity index is 657. The predicted octanol–water partition coefficient (Wildman–Crippen LogP) is 1.92. The van der Waals surface area contributed by atoms with Crippen molar-refractivity contribution >= 4 is 12.2 Å². The van der Waals surface area contributed by atoms with Crippen LogP contribution in [0.5, 0.6) is 0 Å². The first kappa shape index (κ1) is 23.1. The summed E-state index contributed by atoms with van der Waals surface area (Å²) in [5.41, 5.74) is -2.77. The van der Waals surface area contributed by atoms with Crippen LogP contribution in [0.1, 0.15) is 55.4 Å². The third kappa shape index (κ3) is 4.82. The zero-order valence-corrected chi connectivity index (χ0v) is 19.2. The van der Waals surface area contributed by atoms with E-state index in [2.05, 4.69) is 10.6 Å². The quantitative estimate of drug-likeness (QED) is 0.698. The number of carbonyl (C=O) groups excluding carboxylic acids is 2. The van der Waals surface area contributed by atoms with Gasteiger partial charge in [0.25, 0.3) is 0 Å². The largest absolute Gasteiger partial charge is 0.444 e. The molecule has 30 heavy (non-hydrogen) atoms. The average molecular weight is 430 g/mol. The van der Waals surface area contributed by atoms with Crippen molar-refractivity contribution in [3.63, 3.8) is 0 Å². The molecule has 0 aliphatic carbocycles. The Labute approximate surface area is 177 Å². The first-order valence-corrected chi connectivity index (χ1v) is 10.3. The highest BCUT2D eigenvalue weighted by atomic mass is 16.7. The number of nitrogens with one attached hydrogen (secondary N) is 2. The first-order valence-electron chi connectivity index (χ1n) is 10.3. The number of alkyl carbamates (subject to hydrolysis) is 2. The molecule has 0 radical (unpaired) electrons. The molecule has 3 fully saturated rings. The van der Waals surface area contributed by atoms with Crippen molar-refractivity contribution in [3.05, 3.63) is 0 Å². The van der Waals surface area contributed by atoms with Crippen LogP contribution in [0.4, 0.5) is 9.59 Å². The van der Waals surface area contributed by atoms with E-state index in [1.54, 1.807) is 0 Å². The summed E-state index contributed by atoms with van der Waals surface area (Å²) in [5, 5.41) is 5.55. The van der Waals surface area contributed by atoms with Crippen molar-refractivity contribution in [1.82, 2.24) is 15.5 Å². The summed E-state index contributed by atoms with van der Waals surface area (Å²) < 4.78 is 29.1. The molecule has 0 aromatic carbocycles. The number of carbonyl (C=O) groups is 2. The Hall–Kier alpha value is -1.62. The predicted molar refractivity (Wildman–Crippen MR) is 107 cm³/mol. The van der Waals surface area contributed by atoms with Crippen molar-refractivity contribution < 1.29 is 33.3 Å². The monoisotopic (exact) mass is 429 g/mol. The molecular weight excluding hydrogens is 394 g/mol. The standard InChI is InChI=1S/C20H35N3O7/c1-17(2,3)29-15(24)21-10-19(7)13-23-12(9-26-13)27-20(8,14(23)28-19)11-22-16(25)30-18(4,5)6/h12-14H,9-11H2,1-8H3,(H,21,24)(H,22,25)/t12-,13-,14-,19+,20-/m1/s1. The third-order valence-electron chi connectivity index (χ3n) is 5.07. The maximum absolute atomic E-state index is 12.1. The molecule has 3 aliphatic rings. The van der Waals surface area contributed by atoms with E-state index in [-0.39, 0.29) is 25.5 Å². The molecular formula is C20H35N3O7. The van der Waals surface area contributed by atoms with E-state index in [4.69, 9.17) is 23.7 Å². The average Bonchev–Trinajstić information content (AvgIpc) is 3.17. The Morgan fingerprint density at radius 2 is 1.37 bits per heavy atom. The number of hydrogen-bond donors (Lipinski definition) is 2. The Kier molecular flexibility index (Phi) is 5.77. The lowest BCUT2D eigenvalue weighted by molar-refractivity contribution is -0.127. The van der Waals surface area contributed by atoms with Gasteiger partial charge in [0.2, 0.25) is 0 Å². The molecule has 0 aromatic rings. The maximum atomic E-state index is 12.1. The fraction of sp³-hybridized carbons (Fsp3) is 0.900. The lowest BCUT2D eigenvalue weighted by atomic mass is 10.1. The summed E-state index contributed by atoms with van der Waals surface area (Å²) in [6.45, 7) is 15.4. The summed E-state index contributed by atoms with van der Waals surface area (Å²) in [7, 11) is 0. The van der Waals surface area contributed by atoms with Crippen molar-refractivity contribution in [2.75, 3.05) is 19.7 Å². The van der Waals surface area contributed by atoms with E-state index in [0.29, 0.717) is 6.61 Å². The molecule has 3 aliphatic heterocycles. The first-order chi connectivity index (χ1) is 13.6. The number of ether oxygens (including phenoxy) is 5. The van der Waals surface area contributed by atoms with Crippen molar-refractivity contribution in [3.8, 4) is 0 Å². The number of rotatable bonds is 4. The molecule has 0 aromatic heterocycles.